The zero-order valence-corrected chi connectivity index (χ0v) is 10.2. The zero-order valence-electron chi connectivity index (χ0n) is 9.42. The first-order chi connectivity index (χ1) is 7.18. The molecule has 0 amide bonds. The maximum Gasteiger partial charge on any atom is 0.113 e. The smallest absolute Gasteiger partial charge is 0.113 e. The first-order valence-corrected chi connectivity index (χ1v) is 6.77. The van der Waals surface area contributed by atoms with E-state index < -0.39 is 0 Å². The largest absolute Gasteiger partial charge is 0.303 e. The summed E-state index contributed by atoms with van der Waals surface area (Å²) in [4.78, 5) is 4.68. The minimum atomic E-state index is 0.167. The lowest BCUT2D eigenvalue weighted by Crippen LogP contribution is -2.43. The maximum absolute atomic E-state index is 4.68. The number of nitrogens with zero attached hydrogens (tertiary/aromatic N) is 1. The van der Waals surface area contributed by atoms with Gasteiger partial charge in [0, 0.05) is 17.1 Å². The molecule has 1 unspecified atom stereocenters. The summed E-state index contributed by atoms with van der Waals surface area (Å²) in [7, 11) is 0. The standard InChI is InChI=1S/C12H18N2S/c1-8-7-15-11(13-8)12(2,9-3-4-9)14-10-5-6-10/h7,9-10,14H,3-6H2,1-2H3. The van der Waals surface area contributed by atoms with Crippen molar-refractivity contribution >= 4 is 11.3 Å². The molecule has 1 atom stereocenters. The molecule has 0 radical (unpaired) electrons. The molecule has 0 aromatic carbocycles. The van der Waals surface area contributed by atoms with Gasteiger partial charge in [0.15, 0.2) is 0 Å². The topological polar surface area (TPSA) is 24.9 Å². The van der Waals surface area contributed by atoms with Gasteiger partial charge in [-0.1, -0.05) is 0 Å². The highest BCUT2D eigenvalue weighted by Crippen LogP contribution is 2.47. The molecule has 0 saturated heterocycles. The van der Waals surface area contributed by atoms with Crippen LogP contribution in [-0.4, -0.2) is 11.0 Å². The number of aromatic nitrogens is 1. The van der Waals surface area contributed by atoms with Crippen molar-refractivity contribution in [2.45, 2.75) is 51.1 Å². The Hall–Kier alpha value is -0.410. The number of thiazole rings is 1. The SMILES string of the molecule is Cc1csc(C(C)(NC2CC2)C2CC2)n1. The summed E-state index contributed by atoms with van der Waals surface area (Å²) >= 11 is 1.82. The van der Waals surface area contributed by atoms with Crippen LogP contribution in [0.25, 0.3) is 0 Å². The number of rotatable bonds is 4. The van der Waals surface area contributed by atoms with Gasteiger partial charge in [-0.05, 0) is 45.4 Å². The van der Waals surface area contributed by atoms with E-state index in [1.54, 1.807) is 0 Å². The Morgan fingerprint density at radius 1 is 1.40 bits per heavy atom. The van der Waals surface area contributed by atoms with E-state index in [2.05, 4.69) is 29.5 Å². The van der Waals surface area contributed by atoms with Crippen LogP contribution in [0.5, 0.6) is 0 Å². The maximum atomic E-state index is 4.68. The van der Waals surface area contributed by atoms with E-state index >= 15 is 0 Å². The van der Waals surface area contributed by atoms with Crippen molar-refractivity contribution in [2.75, 3.05) is 0 Å². The molecule has 3 rings (SSSR count). The molecule has 0 spiro atoms. The summed E-state index contributed by atoms with van der Waals surface area (Å²) in [6, 6.07) is 0.764. The second kappa shape index (κ2) is 3.29. The van der Waals surface area contributed by atoms with Gasteiger partial charge in [-0.25, -0.2) is 4.98 Å². The van der Waals surface area contributed by atoms with E-state index in [1.807, 2.05) is 11.3 Å². The lowest BCUT2D eigenvalue weighted by atomic mass is 9.96. The molecule has 2 aliphatic rings. The second-order valence-corrected chi connectivity index (χ2v) is 6.05. The highest BCUT2D eigenvalue weighted by atomic mass is 32.1. The summed E-state index contributed by atoms with van der Waals surface area (Å²) in [5, 5.41) is 7.28. The van der Waals surface area contributed by atoms with E-state index in [1.165, 1.54) is 36.4 Å². The first kappa shape index (κ1) is 9.79. The highest BCUT2D eigenvalue weighted by Gasteiger charge is 2.47. The Morgan fingerprint density at radius 2 is 2.13 bits per heavy atom. The van der Waals surface area contributed by atoms with E-state index in [4.69, 9.17) is 0 Å². The summed E-state index contributed by atoms with van der Waals surface area (Å²) < 4.78 is 0. The lowest BCUT2D eigenvalue weighted by Gasteiger charge is -2.29. The molecule has 1 aromatic rings. The van der Waals surface area contributed by atoms with Crippen molar-refractivity contribution in [3.8, 4) is 0 Å². The molecule has 1 heterocycles. The Bertz CT molecular complexity index is 365. The molecule has 0 aliphatic heterocycles. The van der Waals surface area contributed by atoms with Gasteiger partial charge >= 0.3 is 0 Å². The minimum Gasteiger partial charge on any atom is -0.303 e. The van der Waals surface area contributed by atoms with Gasteiger partial charge in [0.2, 0.25) is 0 Å². The van der Waals surface area contributed by atoms with E-state index in [9.17, 15) is 0 Å². The number of hydrogen-bond acceptors (Lipinski definition) is 3. The quantitative estimate of drug-likeness (QED) is 0.847. The average Bonchev–Trinajstić information content (AvgIpc) is 3.06. The summed E-state index contributed by atoms with van der Waals surface area (Å²) in [6.07, 6.45) is 5.45. The number of aryl methyl sites for hydroxylation is 1. The fraction of sp³-hybridized carbons (Fsp3) is 0.750. The van der Waals surface area contributed by atoms with Crippen molar-refractivity contribution in [1.82, 2.24) is 10.3 Å². The predicted octanol–water partition coefficient (Wildman–Crippen LogP) is 2.83. The molecule has 1 aromatic heterocycles. The fourth-order valence-electron chi connectivity index (χ4n) is 2.26. The van der Waals surface area contributed by atoms with Gasteiger partial charge < -0.3 is 5.32 Å². The van der Waals surface area contributed by atoms with Crippen molar-refractivity contribution in [2.24, 2.45) is 5.92 Å². The van der Waals surface area contributed by atoms with Gasteiger partial charge in [0.1, 0.15) is 5.01 Å². The van der Waals surface area contributed by atoms with Gasteiger partial charge in [-0.3, -0.25) is 0 Å². The monoisotopic (exact) mass is 222 g/mol. The molecule has 15 heavy (non-hydrogen) atoms. The predicted molar refractivity (Wildman–Crippen MR) is 63.1 cm³/mol. The summed E-state index contributed by atoms with van der Waals surface area (Å²) in [6.45, 7) is 4.44. The van der Waals surface area contributed by atoms with Gasteiger partial charge in [-0.2, -0.15) is 0 Å². The van der Waals surface area contributed by atoms with Crippen LogP contribution in [0.2, 0.25) is 0 Å². The molecule has 2 saturated carbocycles. The third kappa shape index (κ3) is 1.83. The van der Waals surface area contributed by atoms with Crippen molar-refractivity contribution in [3.05, 3.63) is 16.1 Å². The first-order valence-electron chi connectivity index (χ1n) is 5.89. The lowest BCUT2D eigenvalue weighted by molar-refractivity contribution is 0.313. The van der Waals surface area contributed by atoms with Crippen LogP contribution in [-0.2, 0) is 5.54 Å². The molecule has 1 N–H and O–H groups in total. The molecule has 2 fully saturated rings. The van der Waals surface area contributed by atoms with Crippen LogP contribution in [0.15, 0.2) is 5.38 Å². The minimum absolute atomic E-state index is 0.167. The van der Waals surface area contributed by atoms with Gasteiger partial charge in [0.05, 0.1) is 5.54 Å². The molecule has 0 bridgehead atoms. The molecule has 82 valence electrons. The molecular formula is C12H18N2S. The molecular weight excluding hydrogens is 204 g/mol. The zero-order chi connectivity index (χ0) is 10.5. The fourth-order valence-corrected chi connectivity index (χ4v) is 3.26. The number of nitrogens with one attached hydrogen (secondary N) is 1. The normalized spacial score (nSPS) is 25.2. The second-order valence-electron chi connectivity index (χ2n) is 5.19. The van der Waals surface area contributed by atoms with Crippen molar-refractivity contribution in [3.63, 3.8) is 0 Å². The van der Waals surface area contributed by atoms with Crippen LogP contribution in [0.4, 0.5) is 0 Å². The average molecular weight is 222 g/mol. The van der Waals surface area contributed by atoms with E-state index in [-0.39, 0.29) is 5.54 Å². The van der Waals surface area contributed by atoms with Crippen LogP contribution in [0, 0.1) is 12.8 Å². The Kier molecular flexibility index (Phi) is 2.15. The van der Waals surface area contributed by atoms with E-state index in [0.29, 0.717) is 0 Å². The molecule has 2 nitrogen and oxygen atoms in total. The van der Waals surface area contributed by atoms with E-state index in [0.717, 1.165) is 12.0 Å². The number of hydrogen-bond donors (Lipinski definition) is 1. The Labute approximate surface area is 95.1 Å². The van der Waals surface area contributed by atoms with Crippen LogP contribution in [0.1, 0.15) is 43.3 Å². The highest BCUT2D eigenvalue weighted by molar-refractivity contribution is 7.09. The Morgan fingerprint density at radius 3 is 2.60 bits per heavy atom. The van der Waals surface area contributed by atoms with Crippen molar-refractivity contribution < 1.29 is 0 Å². The van der Waals surface area contributed by atoms with Crippen LogP contribution >= 0.6 is 11.3 Å². The molecule has 2 aliphatic carbocycles. The van der Waals surface area contributed by atoms with Gasteiger partial charge in [-0.15, -0.1) is 11.3 Å². The summed E-state index contributed by atoms with van der Waals surface area (Å²) in [5.74, 6) is 0.823. The van der Waals surface area contributed by atoms with Crippen molar-refractivity contribution in [1.29, 1.82) is 0 Å². The third-order valence-corrected chi connectivity index (χ3v) is 4.74. The third-order valence-electron chi connectivity index (χ3n) is 3.54. The molecule has 3 heteroatoms. The van der Waals surface area contributed by atoms with Crippen LogP contribution in [0.3, 0.4) is 0 Å². The Balaban J connectivity index is 1.87. The van der Waals surface area contributed by atoms with Gasteiger partial charge in [0.25, 0.3) is 0 Å². The summed E-state index contributed by atoms with van der Waals surface area (Å²) in [5.41, 5.74) is 1.33. The van der Waals surface area contributed by atoms with Crippen LogP contribution < -0.4 is 5.32 Å².